The molecule has 25 heavy (non-hydrogen) atoms. The van der Waals surface area contributed by atoms with Gasteiger partial charge in [-0.25, -0.2) is 4.39 Å². The predicted molar refractivity (Wildman–Crippen MR) is 102 cm³/mol. The van der Waals surface area contributed by atoms with E-state index in [2.05, 4.69) is 47.6 Å². The lowest BCUT2D eigenvalue weighted by atomic mass is 9.95. The lowest BCUT2D eigenvalue weighted by molar-refractivity contribution is 0.619. The molecule has 4 rings (SSSR count). The van der Waals surface area contributed by atoms with E-state index in [-0.39, 0.29) is 5.82 Å². The van der Waals surface area contributed by atoms with Crippen molar-refractivity contribution in [3.63, 3.8) is 0 Å². The number of rotatable bonds is 2. The van der Waals surface area contributed by atoms with Crippen LogP contribution in [-0.4, -0.2) is 11.5 Å². The minimum Gasteiger partial charge on any atom is -0.381 e. The first kappa shape index (κ1) is 15.6. The smallest absolute Gasteiger partial charge is 0.126 e. The third-order valence-corrected chi connectivity index (χ3v) is 4.56. The molecule has 0 fully saturated rings. The summed E-state index contributed by atoms with van der Waals surface area (Å²) in [5, 5.41) is 3.43. The topological polar surface area (TPSA) is 24.9 Å². The second-order valence-corrected chi connectivity index (χ2v) is 6.51. The van der Waals surface area contributed by atoms with Crippen molar-refractivity contribution >= 4 is 11.8 Å². The molecule has 1 aliphatic heterocycles. The first-order chi connectivity index (χ1) is 12.1. The Balaban J connectivity index is 1.85. The fraction of sp³-hybridized carbons (Fsp3) is 0.136. The molecule has 1 aromatic heterocycles. The molecular formula is C22H19FN2. The summed E-state index contributed by atoms with van der Waals surface area (Å²) in [5.41, 5.74) is 8.23. The fourth-order valence-electron chi connectivity index (χ4n) is 3.22. The van der Waals surface area contributed by atoms with Crippen molar-refractivity contribution in [3.05, 3.63) is 77.2 Å². The number of aryl methyl sites for hydroxylation is 1. The zero-order valence-electron chi connectivity index (χ0n) is 14.3. The molecule has 0 saturated heterocycles. The van der Waals surface area contributed by atoms with Gasteiger partial charge in [0.1, 0.15) is 5.82 Å². The van der Waals surface area contributed by atoms with E-state index in [1.54, 1.807) is 19.2 Å². The number of anilines is 1. The van der Waals surface area contributed by atoms with Crippen LogP contribution < -0.4 is 5.32 Å². The summed E-state index contributed by atoms with van der Waals surface area (Å²) in [7, 11) is 0. The Labute approximate surface area is 147 Å². The molecule has 0 unspecified atom stereocenters. The van der Waals surface area contributed by atoms with Crippen LogP contribution in [0.15, 0.2) is 60.3 Å². The molecule has 1 aliphatic rings. The van der Waals surface area contributed by atoms with Crippen LogP contribution in [0.3, 0.4) is 0 Å². The number of nitrogens with zero attached hydrogens (tertiary/aromatic N) is 1. The van der Waals surface area contributed by atoms with Gasteiger partial charge >= 0.3 is 0 Å². The van der Waals surface area contributed by atoms with E-state index < -0.39 is 0 Å². The van der Waals surface area contributed by atoms with Gasteiger partial charge in [-0.3, -0.25) is 4.98 Å². The van der Waals surface area contributed by atoms with Gasteiger partial charge in [0, 0.05) is 29.6 Å². The number of pyridine rings is 1. The third-order valence-electron chi connectivity index (χ3n) is 4.56. The molecule has 0 amide bonds. The Morgan fingerprint density at radius 2 is 1.84 bits per heavy atom. The van der Waals surface area contributed by atoms with Gasteiger partial charge in [0.15, 0.2) is 0 Å². The van der Waals surface area contributed by atoms with Gasteiger partial charge in [-0.2, -0.15) is 0 Å². The highest BCUT2D eigenvalue weighted by molar-refractivity contribution is 5.84. The lowest BCUT2D eigenvalue weighted by Gasteiger charge is -2.18. The molecule has 3 heteroatoms. The van der Waals surface area contributed by atoms with Crippen LogP contribution in [0.1, 0.15) is 18.1 Å². The number of hydrogen-bond acceptors (Lipinski definition) is 2. The van der Waals surface area contributed by atoms with E-state index in [0.717, 1.165) is 34.6 Å². The van der Waals surface area contributed by atoms with E-state index in [1.165, 1.54) is 17.2 Å². The lowest BCUT2D eigenvalue weighted by Crippen LogP contribution is -2.08. The molecule has 3 aromatic rings. The zero-order chi connectivity index (χ0) is 17.4. The molecule has 0 spiro atoms. The molecule has 0 saturated carbocycles. The molecule has 0 atom stereocenters. The van der Waals surface area contributed by atoms with Crippen molar-refractivity contribution in [2.75, 3.05) is 11.9 Å². The maximum absolute atomic E-state index is 13.6. The molecule has 1 N–H and O–H groups in total. The summed E-state index contributed by atoms with van der Waals surface area (Å²) in [6.45, 7) is 4.79. The quantitative estimate of drug-likeness (QED) is 0.653. The normalized spacial score (nSPS) is 13.0. The van der Waals surface area contributed by atoms with Crippen LogP contribution in [0.5, 0.6) is 0 Å². The van der Waals surface area contributed by atoms with E-state index in [4.69, 9.17) is 0 Å². The second kappa shape index (κ2) is 6.17. The van der Waals surface area contributed by atoms with Crippen LogP contribution in [0.25, 0.3) is 28.5 Å². The first-order valence-corrected chi connectivity index (χ1v) is 8.39. The van der Waals surface area contributed by atoms with Crippen LogP contribution in [0.2, 0.25) is 0 Å². The van der Waals surface area contributed by atoms with Crippen LogP contribution >= 0.6 is 0 Å². The molecule has 2 nitrogen and oxygen atoms in total. The maximum Gasteiger partial charge on any atom is 0.126 e. The number of benzene rings is 2. The van der Waals surface area contributed by atoms with E-state index in [0.29, 0.717) is 5.56 Å². The van der Waals surface area contributed by atoms with Gasteiger partial charge in [-0.15, -0.1) is 0 Å². The summed E-state index contributed by atoms with van der Waals surface area (Å²) in [6, 6.07) is 15.6. The van der Waals surface area contributed by atoms with E-state index in [9.17, 15) is 4.39 Å². The van der Waals surface area contributed by atoms with Crippen LogP contribution in [0, 0.1) is 12.7 Å². The third kappa shape index (κ3) is 2.93. The summed E-state index contributed by atoms with van der Waals surface area (Å²) >= 11 is 0. The van der Waals surface area contributed by atoms with E-state index >= 15 is 0 Å². The summed E-state index contributed by atoms with van der Waals surface area (Å²) < 4.78 is 13.6. The van der Waals surface area contributed by atoms with Gasteiger partial charge in [-0.05, 0) is 66.9 Å². The zero-order valence-corrected chi connectivity index (χ0v) is 14.3. The van der Waals surface area contributed by atoms with Crippen molar-refractivity contribution < 1.29 is 4.39 Å². The van der Waals surface area contributed by atoms with Crippen molar-refractivity contribution in [2.24, 2.45) is 0 Å². The van der Waals surface area contributed by atoms with E-state index in [1.807, 2.05) is 12.1 Å². The maximum atomic E-state index is 13.6. The molecule has 0 bridgehead atoms. The summed E-state index contributed by atoms with van der Waals surface area (Å²) in [6.07, 6.45) is 3.99. The number of nitrogens with one attached hydrogen (secondary N) is 1. The second-order valence-electron chi connectivity index (χ2n) is 6.51. The minimum absolute atomic E-state index is 0.193. The fourth-order valence-corrected chi connectivity index (χ4v) is 3.22. The van der Waals surface area contributed by atoms with Crippen molar-refractivity contribution in [1.82, 2.24) is 4.98 Å². The number of fused-ring (bicyclic) bond motifs is 1. The largest absolute Gasteiger partial charge is 0.381 e. The molecule has 0 aliphatic carbocycles. The Hall–Kier alpha value is -2.94. The summed E-state index contributed by atoms with van der Waals surface area (Å²) in [4.78, 5) is 4.57. The average Bonchev–Trinajstić information content (AvgIpc) is 2.63. The summed E-state index contributed by atoms with van der Waals surface area (Å²) in [5.74, 6) is -0.193. The average molecular weight is 330 g/mol. The number of aromatic nitrogens is 1. The highest BCUT2D eigenvalue weighted by Crippen LogP contribution is 2.34. The monoisotopic (exact) mass is 330 g/mol. The molecule has 2 aromatic carbocycles. The van der Waals surface area contributed by atoms with Gasteiger partial charge in [0.2, 0.25) is 0 Å². The van der Waals surface area contributed by atoms with Crippen molar-refractivity contribution in [2.45, 2.75) is 13.8 Å². The Kier molecular flexibility index (Phi) is 3.85. The van der Waals surface area contributed by atoms with Crippen LogP contribution in [-0.2, 0) is 0 Å². The molecule has 124 valence electrons. The Morgan fingerprint density at radius 1 is 1.00 bits per heavy atom. The molecule has 2 heterocycles. The first-order valence-electron chi connectivity index (χ1n) is 8.39. The number of hydrogen-bond donors (Lipinski definition) is 1. The molecule has 0 radical (unpaired) electrons. The Bertz CT molecular complexity index is 989. The molecular weight excluding hydrogens is 311 g/mol. The highest BCUT2D eigenvalue weighted by Gasteiger charge is 2.13. The van der Waals surface area contributed by atoms with Gasteiger partial charge < -0.3 is 5.32 Å². The standard InChI is InChI=1S/C22H19FN2/c1-14-10-18-12-16(6-8-21(18)25-13-14)19-4-3-9-24-22(19)17-5-7-20(23)15(2)11-17/h3-12,25H,13H2,1-2H3. The Morgan fingerprint density at radius 3 is 2.68 bits per heavy atom. The van der Waals surface area contributed by atoms with Crippen LogP contribution in [0.4, 0.5) is 10.1 Å². The highest BCUT2D eigenvalue weighted by atomic mass is 19.1. The van der Waals surface area contributed by atoms with Gasteiger partial charge in [-0.1, -0.05) is 23.8 Å². The van der Waals surface area contributed by atoms with Crippen molar-refractivity contribution in [1.29, 1.82) is 0 Å². The SMILES string of the molecule is CC1=Cc2cc(-c3cccnc3-c3ccc(F)c(C)c3)ccc2NC1. The number of halogens is 1. The van der Waals surface area contributed by atoms with Gasteiger partial charge in [0.05, 0.1) is 5.69 Å². The predicted octanol–water partition coefficient (Wildman–Crippen LogP) is 5.69. The van der Waals surface area contributed by atoms with Crippen molar-refractivity contribution in [3.8, 4) is 22.4 Å². The minimum atomic E-state index is -0.193. The van der Waals surface area contributed by atoms with Gasteiger partial charge in [0.25, 0.3) is 0 Å².